The third-order valence-corrected chi connectivity index (χ3v) is 6.42. The van der Waals surface area contributed by atoms with Crippen molar-refractivity contribution >= 4 is 44.8 Å². The van der Waals surface area contributed by atoms with Crippen LogP contribution in [0.2, 0.25) is 5.02 Å². The monoisotopic (exact) mass is 478 g/mol. The SMILES string of the molecule is O=C(c1cc(Cn2cc(Cl)cn2)cs1)N1CCN(Cc2cccc(Br)c2)CC1. The van der Waals surface area contributed by atoms with Crippen LogP contribution in [0.4, 0.5) is 0 Å². The van der Waals surface area contributed by atoms with Gasteiger partial charge in [0.2, 0.25) is 0 Å². The first kappa shape index (κ1) is 19.6. The van der Waals surface area contributed by atoms with Gasteiger partial charge in [0.05, 0.1) is 22.6 Å². The maximum atomic E-state index is 12.8. The summed E-state index contributed by atoms with van der Waals surface area (Å²) in [5.74, 6) is 0.122. The van der Waals surface area contributed by atoms with E-state index in [0.717, 1.165) is 47.6 Å². The minimum atomic E-state index is 0.122. The van der Waals surface area contributed by atoms with E-state index in [9.17, 15) is 4.79 Å². The fourth-order valence-electron chi connectivity index (χ4n) is 3.34. The molecule has 146 valence electrons. The molecule has 3 heterocycles. The summed E-state index contributed by atoms with van der Waals surface area (Å²) in [4.78, 5) is 18.0. The summed E-state index contributed by atoms with van der Waals surface area (Å²) in [6.45, 7) is 4.84. The van der Waals surface area contributed by atoms with Crippen LogP contribution in [0.15, 0.2) is 52.6 Å². The molecule has 1 saturated heterocycles. The van der Waals surface area contributed by atoms with Gasteiger partial charge in [-0.25, -0.2) is 0 Å². The molecule has 0 atom stereocenters. The highest BCUT2D eigenvalue weighted by Gasteiger charge is 2.23. The summed E-state index contributed by atoms with van der Waals surface area (Å²) in [7, 11) is 0. The Morgan fingerprint density at radius 1 is 1.14 bits per heavy atom. The standard InChI is InChI=1S/C20H20BrClN4OS/c21-17-3-1-2-15(8-17)11-24-4-6-25(7-5-24)20(27)19-9-16(14-28-19)12-26-13-18(22)10-23-26/h1-3,8-10,13-14H,4-7,11-12H2. The Labute approximate surface area is 181 Å². The van der Waals surface area contributed by atoms with E-state index in [4.69, 9.17) is 11.6 Å². The quantitative estimate of drug-likeness (QED) is 0.546. The predicted molar refractivity (Wildman–Crippen MR) is 116 cm³/mol. The van der Waals surface area contributed by atoms with E-state index in [1.54, 1.807) is 17.1 Å². The fourth-order valence-corrected chi connectivity index (χ4v) is 4.81. The van der Waals surface area contributed by atoms with Crippen molar-refractivity contribution in [3.8, 4) is 0 Å². The highest BCUT2D eigenvalue weighted by atomic mass is 79.9. The number of hydrogen-bond donors (Lipinski definition) is 0. The largest absolute Gasteiger partial charge is 0.335 e. The number of rotatable bonds is 5. The smallest absolute Gasteiger partial charge is 0.264 e. The van der Waals surface area contributed by atoms with Crippen molar-refractivity contribution in [2.75, 3.05) is 26.2 Å². The number of halogens is 2. The van der Waals surface area contributed by atoms with Crippen LogP contribution in [-0.2, 0) is 13.1 Å². The van der Waals surface area contributed by atoms with Crippen LogP contribution in [0.5, 0.6) is 0 Å². The summed E-state index contributed by atoms with van der Waals surface area (Å²) < 4.78 is 2.88. The molecule has 4 rings (SSSR count). The first-order valence-electron chi connectivity index (χ1n) is 9.08. The highest BCUT2D eigenvalue weighted by Crippen LogP contribution is 2.20. The van der Waals surface area contributed by atoms with Crippen LogP contribution in [-0.4, -0.2) is 51.7 Å². The lowest BCUT2D eigenvalue weighted by molar-refractivity contribution is 0.0633. The topological polar surface area (TPSA) is 41.4 Å². The van der Waals surface area contributed by atoms with Crippen LogP contribution in [0.1, 0.15) is 20.8 Å². The van der Waals surface area contributed by atoms with E-state index in [0.29, 0.717) is 11.6 Å². The Balaban J connectivity index is 1.31. The Morgan fingerprint density at radius 3 is 2.68 bits per heavy atom. The molecule has 8 heteroatoms. The lowest BCUT2D eigenvalue weighted by Gasteiger charge is -2.34. The Morgan fingerprint density at radius 2 is 1.96 bits per heavy atom. The van der Waals surface area contributed by atoms with Gasteiger partial charge >= 0.3 is 0 Å². The third kappa shape index (κ3) is 4.84. The molecule has 0 unspecified atom stereocenters. The zero-order valence-corrected chi connectivity index (χ0v) is 18.4. The van der Waals surface area contributed by atoms with Crippen molar-refractivity contribution in [1.82, 2.24) is 19.6 Å². The number of thiophene rings is 1. The maximum absolute atomic E-state index is 12.8. The molecule has 1 aliphatic rings. The normalized spacial score (nSPS) is 15.1. The second-order valence-electron chi connectivity index (χ2n) is 6.87. The lowest BCUT2D eigenvalue weighted by atomic mass is 10.2. The van der Waals surface area contributed by atoms with Crippen molar-refractivity contribution in [1.29, 1.82) is 0 Å². The molecule has 2 aromatic heterocycles. The van der Waals surface area contributed by atoms with Gasteiger partial charge in [-0.15, -0.1) is 11.3 Å². The minimum absolute atomic E-state index is 0.122. The van der Waals surface area contributed by atoms with E-state index in [2.05, 4.69) is 44.1 Å². The molecule has 1 fully saturated rings. The van der Waals surface area contributed by atoms with E-state index in [-0.39, 0.29) is 5.91 Å². The predicted octanol–water partition coefficient (Wildman–Crippen LogP) is 4.37. The van der Waals surface area contributed by atoms with E-state index >= 15 is 0 Å². The summed E-state index contributed by atoms with van der Waals surface area (Å²) in [5, 5.41) is 6.83. The maximum Gasteiger partial charge on any atom is 0.264 e. The van der Waals surface area contributed by atoms with Gasteiger partial charge in [0.15, 0.2) is 0 Å². The molecule has 3 aromatic rings. The summed E-state index contributed by atoms with van der Waals surface area (Å²) in [6, 6.07) is 10.4. The summed E-state index contributed by atoms with van der Waals surface area (Å²) >= 11 is 10.9. The number of carbonyl (C=O) groups is 1. The molecule has 28 heavy (non-hydrogen) atoms. The number of aromatic nitrogens is 2. The zero-order chi connectivity index (χ0) is 19.5. The van der Waals surface area contributed by atoms with Gasteiger partial charge in [0.25, 0.3) is 5.91 Å². The molecule has 5 nitrogen and oxygen atoms in total. The second-order valence-corrected chi connectivity index (χ2v) is 9.14. The van der Waals surface area contributed by atoms with Crippen molar-refractivity contribution in [3.63, 3.8) is 0 Å². The average molecular weight is 480 g/mol. The summed E-state index contributed by atoms with van der Waals surface area (Å²) in [5.41, 5.74) is 2.36. The van der Waals surface area contributed by atoms with Gasteiger partial charge in [-0.05, 0) is 34.7 Å². The van der Waals surface area contributed by atoms with Crippen LogP contribution in [0, 0.1) is 0 Å². The molecule has 0 bridgehead atoms. The zero-order valence-electron chi connectivity index (χ0n) is 15.2. The first-order valence-corrected chi connectivity index (χ1v) is 11.1. The van der Waals surface area contributed by atoms with Crippen LogP contribution < -0.4 is 0 Å². The van der Waals surface area contributed by atoms with Gasteiger partial charge in [0.1, 0.15) is 0 Å². The molecule has 0 aliphatic carbocycles. The van der Waals surface area contributed by atoms with Crippen LogP contribution in [0.25, 0.3) is 0 Å². The lowest BCUT2D eigenvalue weighted by Crippen LogP contribution is -2.48. The van der Waals surface area contributed by atoms with Crippen molar-refractivity contribution < 1.29 is 4.79 Å². The molecule has 0 N–H and O–H groups in total. The number of amides is 1. The molecule has 0 saturated carbocycles. The average Bonchev–Trinajstić information content (AvgIpc) is 3.31. The van der Waals surface area contributed by atoms with Gasteiger partial charge in [-0.3, -0.25) is 14.4 Å². The van der Waals surface area contributed by atoms with Gasteiger partial charge in [-0.2, -0.15) is 5.10 Å². The molecule has 0 radical (unpaired) electrons. The Kier molecular flexibility index (Phi) is 6.16. The van der Waals surface area contributed by atoms with Crippen molar-refractivity contribution in [2.45, 2.75) is 13.1 Å². The summed E-state index contributed by atoms with van der Waals surface area (Å²) in [6.07, 6.45) is 3.40. The number of nitrogens with zero attached hydrogens (tertiary/aromatic N) is 4. The highest BCUT2D eigenvalue weighted by molar-refractivity contribution is 9.10. The Bertz CT molecular complexity index is 965. The van der Waals surface area contributed by atoms with Crippen LogP contribution in [0.3, 0.4) is 0 Å². The molecular weight excluding hydrogens is 460 g/mol. The van der Waals surface area contributed by atoms with Crippen molar-refractivity contribution in [2.24, 2.45) is 0 Å². The van der Waals surface area contributed by atoms with E-state index in [1.165, 1.54) is 16.9 Å². The number of piperazine rings is 1. The first-order chi connectivity index (χ1) is 13.6. The van der Waals surface area contributed by atoms with Crippen LogP contribution >= 0.6 is 38.9 Å². The van der Waals surface area contributed by atoms with E-state index < -0.39 is 0 Å². The van der Waals surface area contributed by atoms with Crippen molar-refractivity contribution in [3.05, 3.63) is 73.6 Å². The second kappa shape index (κ2) is 8.78. The third-order valence-electron chi connectivity index (χ3n) is 4.77. The molecule has 1 amide bonds. The van der Waals surface area contributed by atoms with Gasteiger partial charge in [0, 0.05) is 43.4 Å². The fraction of sp³-hybridized carbons (Fsp3) is 0.300. The Hall–Kier alpha value is -1.67. The number of hydrogen-bond acceptors (Lipinski definition) is 4. The van der Waals surface area contributed by atoms with Gasteiger partial charge < -0.3 is 4.90 Å². The number of carbonyl (C=O) groups excluding carboxylic acids is 1. The van der Waals surface area contributed by atoms with Gasteiger partial charge in [-0.1, -0.05) is 39.7 Å². The minimum Gasteiger partial charge on any atom is -0.335 e. The number of benzene rings is 1. The van der Waals surface area contributed by atoms with E-state index in [1.807, 2.05) is 22.4 Å². The molecular formula is C20H20BrClN4OS. The molecule has 1 aromatic carbocycles. The molecule has 0 spiro atoms. The molecule has 1 aliphatic heterocycles.